The molecule has 6 nitrogen and oxygen atoms in total. The van der Waals surface area contributed by atoms with Crippen molar-refractivity contribution in [3.63, 3.8) is 0 Å². The highest BCUT2D eigenvalue weighted by atomic mass is 16.3. The van der Waals surface area contributed by atoms with Gasteiger partial charge in [0.15, 0.2) is 5.82 Å². The number of rotatable bonds is 5. The molecule has 3 rings (SSSR count). The summed E-state index contributed by atoms with van der Waals surface area (Å²) < 4.78 is 1.68. The molecule has 2 aromatic heterocycles. The molecule has 0 saturated carbocycles. The zero-order chi connectivity index (χ0) is 14.7. The van der Waals surface area contributed by atoms with Gasteiger partial charge in [0.2, 0.25) is 0 Å². The molecule has 0 saturated heterocycles. The van der Waals surface area contributed by atoms with Gasteiger partial charge in [0.25, 0.3) is 5.78 Å². The van der Waals surface area contributed by atoms with Gasteiger partial charge in [-0.2, -0.15) is 9.50 Å². The highest BCUT2D eigenvalue weighted by Crippen LogP contribution is 2.13. The first-order valence-electron chi connectivity index (χ1n) is 6.88. The molecule has 0 unspecified atom stereocenters. The van der Waals surface area contributed by atoms with E-state index in [1.807, 2.05) is 31.2 Å². The Morgan fingerprint density at radius 3 is 2.76 bits per heavy atom. The number of aliphatic hydroxyl groups excluding tert-OH is 1. The van der Waals surface area contributed by atoms with Gasteiger partial charge < -0.3 is 10.4 Å². The Morgan fingerprint density at radius 2 is 2.00 bits per heavy atom. The Bertz CT molecular complexity index is 738. The normalized spacial score (nSPS) is 11.0. The number of aliphatic hydroxyl groups is 1. The zero-order valence-corrected chi connectivity index (χ0v) is 11.8. The first-order chi connectivity index (χ1) is 10.3. The maximum Gasteiger partial charge on any atom is 0.254 e. The summed E-state index contributed by atoms with van der Waals surface area (Å²) in [5.41, 5.74) is 2.02. The van der Waals surface area contributed by atoms with Gasteiger partial charge in [-0.25, -0.2) is 4.98 Å². The average Bonchev–Trinajstić information content (AvgIpc) is 2.88. The van der Waals surface area contributed by atoms with Crippen molar-refractivity contribution < 1.29 is 5.11 Å². The Kier molecular flexibility index (Phi) is 3.79. The largest absolute Gasteiger partial charge is 0.395 e. The topological polar surface area (TPSA) is 75.3 Å². The van der Waals surface area contributed by atoms with Gasteiger partial charge in [0.1, 0.15) is 5.82 Å². The molecule has 0 aliphatic rings. The molecular weight excluding hydrogens is 266 g/mol. The lowest BCUT2D eigenvalue weighted by atomic mass is 10.1. The minimum Gasteiger partial charge on any atom is -0.395 e. The van der Waals surface area contributed by atoms with Crippen LogP contribution in [-0.4, -0.2) is 37.8 Å². The van der Waals surface area contributed by atoms with E-state index >= 15 is 0 Å². The molecular formula is C15H17N5O. The Hall–Kier alpha value is -2.47. The van der Waals surface area contributed by atoms with Crippen molar-refractivity contribution in [1.82, 2.24) is 19.6 Å². The summed E-state index contributed by atoms with van der Waals surface area (Å²) in [5, 5.41) is 16.6. The second-order valence-corrected chi connectivity index (χ2v) is 4.84. The van der Waals surface area contributed by atoms with Crippen molar-refractivity contribution in [2.45, 2.75) is 13.3 Å². The molecule has 3 aromatic rings. The average molecular weight is 283 g/mol. The molecule has 0 atom stereocenters. The molecule has 0 spiro atoms. The third kappa shape index (κ3) is 3.00. The maximum absolute atomic E-state index is 8.95. The third-order valence-electron chi connectivity index (χ3n) is 3.11. The molecule has 0 amide bonds. The number of hydrogen-bond acceptors (Lipinski definition) is 5. The fourth-order valence-corrected chi connectivity index (χ4v) is 2.19. The van der Waals surface area contributed by atoms with Gasteiger partial charge in [-0.1, -0.05) is 30.3 Å². The van der Waals surface area contributed by atoms with Crippen LogP contribution in [-0.2, 0) is 6.42 Å². The van der Waals surface area contributed by atoms with Crippen LogP contribution < -0.4 is 5.32 Å². The third-order valence-corrected chi connectivity index (χ3v) is 3.11. The van der Waals surface area contributed by atoms with Gasteiger partial charge in [0.05, 0.1) is 6.61 Å². The second kappa shape index (κ2) is 5.88. The lowest BCUT2D eigenvalue weighted by Gasteiger charge is -2.06. The second-order valence-electron chi connectivity index (χ2n) is 4.84. The lowest BCUT2D eigenvalue weighted by molar-refractivity contribution is 0.311. The number of nitrogens with zero attached hydrogens (tertiary/aromatic N) is 4. The first kappa shape index (κ1) is 13.5. The van der Waals surface area contributed by atoms with E-state index in [2.05, 4.69) is 32.5 Å². The summed E-state index contributed by atoms with van der Waals surface area (Å²) in [4.78, 5) is 8.87. The molecule has 1 aromatic carbocycles. The van der Waals surface area contributed by atoms with Crippen molar-refractivity contribution in [2.75, 3.05) is 18.5 Å². The molecule has 0 aliphatic heterocycles. The van der Waals surface area contributed by atoms with Crippen LogP contribution in [0.5, 0.6) is 0 Å². The van der Waals surface area contributed by atoms with Gasteiger partial charge in [0, 0.05) is 24.7 Å². The summed E-state index contributed by atoms with van der Waals surface area (Å²) in [6.45, 7) is 2.44. The molecule has 0 aliphatic carbocycles. The van der Waals surface area contributed by atoms with Crippen LogP contribution in [0.25, 0.3) is 5.78 Å². The van der Waals surface area contributed by atoms with Crippen molar-refractivity contribution >= 4 is 11.6 Å². The molecule has 2 N–H and O–H groups in total. The first-order valence-corrected chi connectivity index (χ1v) is 6.88. The fraction of sp³-hybridized carbons (Fsp3) is 0.267. The number of nitrogens with one attached hydrogen (secondary N) is 1. The summed E-state index contributed by atoms with van der Waals surface area (Å²) in [7, 11) is 0. The van der Waals surface area contributed by atoms with E-state index in [0.29, 0.717) is 18.7 Å². The van der Waals surface area contributed by atoms with E-state index in [9.17, 15) is 0 Å². The highest BCUT2D eigenvalue weighted by Gasteiger charge is 2.10. The smallest absolute Gasteiger partial charge is 0.254 e. The Balaban J connectivity index is 1.95. The van der Waals surface area contributed by atoms with Crippen LogP contribution in [0.4, 0.5) is 5.82 Å². The number of fused-ring (bicyclic) bond motifs is 1. The van der Waals surface area contributed by atoms with Crippen molar-refractivity contribution in [1.29, 1.82) is 0 Å². The fourth-order valence-electron chi connectivity index (χ4n) is 2.19. The minimum absolute atomic E-state index is 0.0639. The van der Waals surface area contributed by atoms with E-state index in [4.69, 9.17) is 5.11 Å². The molecule has 6 heteroatoms. The van der Waals surface area contributed by atoms with Gasteiger partial charge >= 0.3 is 0 Å². The molecule has 0 fully saturated rings. The maximum atomic E-state index is 8.95. The minimum atomic E-state index is 0.0639. The monoisotopic (exact) mass is 283 g/mol. The van der Waals surface area contributed by atoms with Crippen molar-refractivity contribution in [3.05, 3.63) is 53.5 Å². The van der Waals surface area contributed by atoms with Crippen molar-refractivity contribution in [2.24, 2.45) is 0 Å². The Morgan fingerprint density at radius 1 is 1.19 bits per heavy atom. The summed E-state index contributed by atoms with van der Waals surface area (Å²) in [5.74, 6) is 2.09. The summed E-state index contributed by atoms with van der Waals surface area (Å²) in [6, 6.07) is 12.0. The number of anilines is 1. The predicted molar refractivity (Wildman–Crippen MR) is 80.3 cm³/mol. The van der Waals surface area contributed by atoms with E-state index < -0.39 is 0 Å². The van der Waals surface area contributed by atoms with Crippen LogP contribution in [0.15, 0.2) is 36.4 Å². The van der Waals surface area contributed by atoms with E-state index in [-0.39, 0.29) is 6.61 Å². The van der Waals surface area contributed by atoms with Crippen molar-refractivity contribution in [3.8, 4) is 0 Å². The molecule has 108 valence electrons. The number of hydrogen-bond donors (Lipinski definition) is 2. The number of aromatic nitrogens is 4. The van der Waals surface area contributed by atoms with Crippen LogP contribution in [0, 0.1) is 6.92 Å². The van der Waals surface area contributed by atoms with Crippen LogP contribution >= 0.6 is 0 Å². The van der Waals surface area contributed by atoms with E-state index in [1.54, 1.807) is 4.52 Å². The lowest BCUT2D eigenvalue weighted by Crippen LogP contribution is -2.10. The molecule has 0 radical (unpaired) electrons. The zero-order valence-electron chi connectivity index (χ0n) is 11.8. The quantitative estimate of drug-likeness (QED) is 0.741. The molecule has 2 heterocycles. The SMILES string of the molecule is Cc1cc(NCCO)n2nc(Cc3ccccc3)nc2n1. The summed E-state index contributed by atoms with van der Waals surface area (Å²) in [6.07, 6.45) is 0.669. The van der Waals surface area contributed by atoms with Crippen LogP contribution in [0.2, 0.25) is 0 Å². The van der Waals surface area contributed by atoms with E-state index in [1.165, 1.54) is 0 Å². The number of aryl methyl sites for hydroxylation is 1. The molecule has 0 bridgehead atoms. The van der Waals surface area contributed by atoms with Gasteiger partial charge in [-0.15, -0.1) is 5.10 Å². The van der Waals surface area contributed by atoms with Gasteiger partial charge in [-0.05, 0) is 12.5 Å². The highest BCUT2D eigenvalue weighted by molar-refractivity contribution is 5.45. The summed E-state index contributed by atoms with van der Waals surface area (Å²) >= 11 is 0. The van der Waals surface area contributed by atoms with Gasteiger partial charge in [-0.3, -0.25) is 0 Å². The van der Waals surface area contributed by atoms with Crippen LogP contribution in [0.1, 0.15) is 17.1 Å². The van der Waals surface area contributed by atoms with Crippen LogP contribution in [0.3, 0.4) is 0 Å². The predicted octanol–water partition coefficient (Wildman–Crippen LogP) is 1.43. The Labute approximate surface area is 122 Å². The molecule has 21 heavy (non-hydrogen) atoms. The van der Waals surface area contributed by atoms with E-state index in [0.717, 1.165) is 22.9 Å². The standard InChI is InChI=1S/C15H17N5O/c1-11-9-14(16-7-8-21)20-15(17-11)18-13(19-20)10-12-5-3-2-4-6-12/h2-6,9,16,21H,7-8,10H2,1H3. The number of benzene rings is 1.